The van der Waals surface area contributed by atoms with Crippen molar-refractivity contribution >= 4 is 5.91 Å². The molecule has 1 amide bonds. The van der Waals surface area contributed by atoms with Gasteiger partial charge in [-0.1, -0.05) is 0 Å². The van der Waals surface area contributed by atoms with Crippen molar-refractivity contribution in [1.82, 2.24) is 15.1 Å². The number of halogens is 1. The van der Waals surface area contributed by atoms with Crippen LogP contribution in [0.15, 0.2) is 24.3 Å². The van der Waals surface area contributed by atoms with Gasteiger partial charge in [-0.2, -0.15) is 5.10 Å². The van der Waals surface area contributed by atoms with Crippen molar-refractivity contribution in [2.24, 2.45) is 0 Å². The van der Waals surface area contributed by atoms with Crippen LogP contribution >= 0.6 is 0 Å². The van der Waals surface area contributed by atoms with E-state index in [9.17, 15) is 14.3 Å². The Morgan fingerprint density at radius 1 is 1.38 bits per heavy atom. The van der Waals surface area contributed by atoms with Gasteiger partial charge in [0, 0.05) is 6.54 Å². The number of amides is 1. The number of hydrogen-bond acceptors (Lipinski definition) is 3. The maximum absolute atomic E-state index is 13.0. The van der Waals surface area contributed by atoms with Gasteiger partial charge in [0.1, 0.15) is 5.82 Å². The molecule has 0 saturated heterocycles. The average Bonchev–Trinajstić information content (AvgIpc) is 2.72. The van der Waals surface area contributed by atoms with Crippen LogP contribution in [-0.2, 0) is 0 Å². The highest BCUT2D eigenvalue weighted by molar-refractivity contribution is 5.96. The van der Waals surface area contributed by atoms with Gasteiger partial charge in [-0.25, -0.2) is 9.07 Å². The largest absolute Gasteiger partial charge is 0.392 e. The predicted molar refractivity (Wildman–Crippen MR) is 77.0 cm³/mol. The molecule has 5 nitrogen and oxygen atoms in total. The van der Waals surface area contributed by atoms with E-state index in [1.807, 2.05) is 0 Å². The van der Waals surface area contributed by atoms with Gasteiger partial charge >= 0.3 is 0 Å². The van der Waals surface area contributed by atoms with E-state index in [2.05, 4.69) is 10.4 Å². The van der Waals surface area contributed by atoms with Crippen LogP contribution in [0.4, 0.5) is 4.39 Å². The monoisotopic (exact) mass is 291 g/mol. The zero-order valence-corrected chi connectivity index (χ0v) is 12.2. The fourth-order valence-corrected chi connectivity index (χ4v) is 2.13. The van der Waals surface area contributed by atoms with E-state index in [-0.39, 0.29) is 18.3 Å². The number of aryl methyl sites for hydroxylation is 1. The number of aliphatic hydroxyl groups excluding tert-OH is 1. The lowest BCUT2D eigenvalue weighted by atomic mass is 10.2. The molecule has 1 atom stereocenters. The van der Waals surface area contributed by atoms with Crippen molar-refractivity contribution in [3.63, 3.8) is 0 Å². The Labute approximate surface area is 122 Å². The van der Waals surface area contributed by atoms with Crippen LogP contribution in [0.5, 0.6) is 0 Å². The number of rotatable bonds is 4. The van der Waals surface area contributed by atoms with E-state index in [0.29, 0.717) is 22.6 Å². The second-order valence-electron chi connectivity index (χ2n) is 4.99. The van der Waals surface area contributed by atoms with Crippen LogP contribution in [-0.4, -0.2) is 33.4 Å². The van der Waals surface area contributed by atoms with Gasteiger partial charge in [0.2, 0.25) is 0 Å². The molecular weight excluding hydrogens is 273 g/mol. The van der Waals surface area contributed by atoms with Crippen LogP contribution < -0.4 is 5.32 Å². The predicted octanol–water partition coefficient (Wildman–Crippen LogP) is 1.74. The summed E-state index contributed by atoms with van der Waals surface area (Å²) in [4.78, 5) is 12.2. The third-order valence-electron chi connectivity index (χ3n) is 3.15. The number of carbonyl (C=O) groups is 1. The minimum absolute atomic E-state index is 0.180. The topological polar surface area (TPSA) is 67.2 Å². The molecule has 0 aliphatic carbocycles. The van der Waals surface area contributed by atoms with Crippen LogP contribution in [0.2, 0.25) is 0 Å². The first-order valence-corrected chi connectivity index (χ1v) is 6.68. The molecule has 6 heteroatoms. The summed E-state index contributed by atoms with van der Waals surface area (Å²) in [6.07, 6.45) is -0.610. The standard InChI is InChI=1S/C15H18FN3O2/c1-9(20)8-17-15(21)14-10(2)18-19(11(14)3)13-6-4-12(16)5-7-13/h4-7,9,20H,8H2,1-3H3,(H,17,21). The fraction of sp³-hybridized carbons (Fsp3) is 0.333. The van der Waals surface area contributed by atoms with Crippen molar-refractivity contribution in [2.45, 2.75) is 26.9 Å². The second kappa shape index (κ2) is 6.05. The lowest BCUT2D eigenvalue weighted by molar-refractivity contribution is 0.0923. The minimum Gasteiger partial charge on any atom is -0.392 e. The molecule has 1 heterocycles. The van der Waals surface area contributed by atoms with Crippen molar-refractivity contribution in [1.29, 1.82) is 0 Å². The molecule has 0 fully saturated rings. The number of aliphatic hydroxyl groups is 1. The maximum Gasteiger partial charge on any atom is 0.255 e. The Morgan fingerprint density at radius 2 is 2.00 bits per heavy atom. The molecule has 2 N–H and O–H groups in total. The SMILES string of the molecule is Cc1nn(-c2ccc(F)cc2)c(C)c1C(=O)NCC(C)O. The lowest BCUT2D eigenvalue weighted by Gasteiger charge is -2.08. The zero-order valence-electron chi connectivity index (χ0n) is 12.2. The number of nitrogens with one attached hydrogen (secondary N) is 1. The summed E-state index contributed by atoms with van der Waals surface area (Å²) in [7, 11) is 0. The quantitative estimate of drug-likeness (QED) is 0.901. The molecule has 0 saturated carbocycles. The Balaban J connectivity index is 2.33. The summed E-state index contributed by atoms with van der Waals surface area (Å²) in [6.45, 7) is 5.30. The Hall–Kier alpha value is -2.21. The molecular formula is C15H18FN3O2. The molecule has 21 heavy (non-hydrogen) atoms. The average molecular weight is 291 g/mol. The minimum atomic E-state index is -0.610. The second-order valence-corrected chi connectivity index (χ2v) is 4.99. The summed E-state index contributed by atoms with van der Waals surface area (Å²) in [6, 6.07) is 5.90. The van der Waals surface area contributed by atoms with Crippen molar-refractivity contribution < 1.29 is 14.3 Å². The number of nitrogens with zero attached hydrogens (tertiary/aromatic N) is 2. The van der Waals surface area contributed by atoms with Gasteiger partial charge in [0.05, 0.1) is 28.7 Å². The van der Waals surface area contributed by atoms with Crippen LogP contribution in [0.25, 0.3) is 5.69 Å². The van der Waals surface area contributed by atoms with Crippen LogP contribution in [0.3, 0.4) is 0 Å². The van der Waals surface area contributed by atoms with E-state index < -0.39 is 6.10 Å². The number of aromatic nitrogens is 2. The molecule has 0 bridgehead atoms. The Bertz CT molecular complexity index is 648. The summed E-state index contributed by atoms with van der Waals surface area (Å²) in [5.41, 5.74) is 2.41. The van der Waals surface area contributed by atoms with Crippen molar-refractivity contribution in [2.75, 3.05) is 6.54 Å². The van der Waals surface area contributed by atoms with Gasteiger partial charge < -0.3 is 10.4 Å². The molecule has 2 rings (SSSR count). The van der Waals surface area contributed by atoms with E-state index in [1.165, 1.54) is 12.1 Å². The first-order chi connectivity index (χ1) is 9.90. The molecule has 0 aliphatic heterocycles. The molecule has 0 radical (unpaired) electrons. The van der Waals surface area contributed by atoms with Gasteiger partial charge in [-0.05, 0) is 45.0 Å². The molecule has 2 aromatic rings. The van der Waals surface area contributed by atoms with E-state index in [1.54, 1.807) is 37.6 Å². The molecule has 1 unspecified atom stereocenters. The van der Waals surface area contributed by atoms with Crippen molar-refractivity contribution in [3.8, 4) is 5.69 Å². The van der Waals surface area contributed by atoms with Crippen LogP contribution in [0, 0.1) is 19.7 Å². The normalized spacial score (nSPS) is 12.2. The molecule has 0 spiro atoms. The zero-order chi connectivity index (χ0) is 15.6. The molecule has 0 aliphatic rings. The number of carbonyl (C=O) groups excluding carboxylic acids is 1. The maximum atomic E-state index is 13.0. The number of hydrogen-bond donors (Lipinski definition) is 2. The van der Waals surface area contributed by atoms with E-state index >= 15 is 0 Å². The van der Waals surface area contributed by atoms with E-state index in [0.717, 1.165) is 0 Å². The van der Waals surface area contributed by atoms with Gasteiger partial charge in [0.25, 0.3) is 5.91 Å². The smallest absolute Gasteiger partial charge is 0.255 e. The highest BCUT2D eigenvalue weighted by Crippen LogP contribution is 2.18. The van der Waals surface area contributed by atoms with Crippen molar-refractivity contribution in [3.05, 3.63) is 47.0 Å². The Morgan fingerprint density at radius 3 is 2.57 bits per heavy atom. The van der Waals surface area contributed by atoms with Crippen LogP contribution in [0.1, 0.15) is 28.7 Å². The first kappa shape index (κ1) is 15.2. The van der Waals surface area contributed by atoms with Gasteiger partial charge in [-0.15, -0.1) is 0 Å². The Kier molecular flexibility index (Phi) is 4.37. The lowest BCUT2D eigenvalue weighted by Crippen LogP contribution is -2.31. The molecule has 1 aromatic heterocycles. The third kappa shape index (κ3) is 3.28. The van der Waals surface area contributed by atoms with E-state index in [4.69, 9.17) is 0 Å². The summed E-state index contributed by atoms with van der Waals surface area (Å²) >= 11 is 0. The molecule has 1 aromatic carbocycles. The van der Waals surface area contributed by atoms with Gasteiger partial charge in [0.15, 0.2) is 0 Å². The fourth-order valence-electron chi connectivity index (χ4n) is 2.13. The molecule has 112 valence electrons. The summed E-state index contributed by atoms with van der Waals surface area (Å²) in [5, 5.41) is 16.2. The summed E-state index contributed by atoms with van der Waals surface area (Å²) < 4.78 is 14.6. The highest BCUT2D eigenvalue weighted by atomic mass is 19.1. The first-order valence-electron chi connectivity index (χ1n) is 6.68. The summed E-state index contributed by atoms with van der Waals surface area (Å²) in [5.74, 6) is -0.602. The van der Waals surface area contributed by atoms with Gasteiger partial charge in [-0.3, -0.25) is 4.79 Å². The third-order valence-corrected chi connectivity index (χ3v) is 3.15. The highest BCUT2D eigenvalue weighted by Gasteiger charge is 2.19. The number of benzene rings is 1.